The fourth-order valence-corrected chi connectivity index (χ4v) is 1.80. The van der Waals surface area contributed by atoms with E-state index in [1.165, 1.54) is 6.92 Å². The Balaban J connectivity index is 2.29. The maximum atomic E-state index is 10.5. The first-order chi connectivity index (χ1) is 17.6. The fourth-order valence-electron chi connectivity index (χ4n) is 1.80. The van der Waals surface area contributed by atoms with Gasteiger partial charge in [0.2, 0.25) is 0 Å². The molecule has 0 spiro atoms. The number of aliphatic hydroxyl groups is 1. The van der Waals surface area contributed by atoms with Crippen LogP contribution < -0.4 is 14.2 Å². The van der Waals surface area contributed by atoms with E-state index in [2.05, 4.69) is 0 Å². The Morgan fingerprint density at radius 1 is 1.20 bits per heavy atom. The number of hydrogen-bond donors (Lipinski definition) is 1. The number of methoxy groups -OCH3 is 2. The van der Waals surface area contributed by atoms with Crippen molar-refractivity contribution in [3.63, 3.8) is 0 Å². The van der Waals surface area contributed by atoms with E-state index < -0.39 is 92.8 Å². The molecule has 0 saturated heterocycles. The summed E-state index contributed by atoms with van der Waals surface area (Å²) >= 11 is 0. The highest BCUT2D eigenvalue weighted by atomic mass is 16.5. The van der Waals surface area contributed by atoms with Gasteiger partial charge < -0.3 is 19.3 Å². The van der Waals surface area contributed by atoms with Crippen LogP contribution in [0.3, 0.4) is 0 Å². The molecule has 0 saturated carbocycles. The molecule has 4 nitrogen and oxygen atoms in total. The van der Waals surface area contributed by atoms with Crippen LogP contribution >= 0.6 is 0 Å². The van der Waals surface area contributed by atoms with Gasteiger partial charge in [-0.3, -0.25) is 0 Å². The summed E-state index contributed by atoms with van der Waals surface area (Å²) in [6, 6.07) is -3.90. The summed E-state index contributed by atoms with van der Waals surface area (Å²) in [4.78, 5) is 0. The van der Waals surface area contributed by atoms with E-state index >= 15 is 0 Å². The SMILES string of the molecule is [2H]c1c([2H])c(C)c([2H])c(OCC(O)C([2H])([2H])CC([2H])([2H])Cc2c([2H])c([2H])c(OC([2H])([2H])[2H])c(OC)c2[2H])c1[2H]. The van der Waals surface area contributed by atoms with Gasteiger partial charge in [0.15, 0.2) is 11.5 Å². The molecule has 1 atom stereocenters. The van der Waals surface area contributed by atoms with Crippen molar-refractivity contribution in [3.05, 3.63) is 53.4 Å². The van der Waals surface area contributed by atoms with Gasteiger partial charge in [0, 0.05) is 5.48 Å². The van der Waals surface area contributed by atoms with Crippen LogP contribution in [0.1, 0.15) is 49.5 Å². The van der Waals surface area contributed by atoms with Gasteiger partial charge in [-0.1, -0.05) is 24.5 Å². The Kier molecular flexibility index (Phi) is 3.02. The second-order valence-electron chi connectivity index (χ2n) is 4.91. The van der Waals surface area contributed by atoms with Crippen LogP contribution in [-0.2, 0) is 6.42 Å². The largest absolute Gasteiger partial charge is 0.493 e. The van der Waals surface area contributed by atoms with E-state index in [1.54, 1.807) is 0 Å². The van der Waals surface area contributed by atoms with Crippen LogP contribution in [0.2, 0.25) is 0 Å². The van der Waals surface area contributed by atoms with Crippen molar-refractivity contribution in [3.8, 4) is 17.2 Å². The first-order valence-corrected chi connectivity index (χ1v) is 7.38. The Morgan fingerprint density at radius 2 is 2.08 bits per heavy atom. The summed E-state index contributed by atoms with van der Waals surface area (Å²) in [6.45, 7) is 0.565. The molecule has 0 aliphatic carbocycles. The molecule has 1 N–H and O–H groups in total. The molecule has 1 unspecified atom stereocenters. The van der Waals surface area contributed by atoms with Crippen LogP contribution in [-0.4, -0.2) is 32.0 Å². The highest BCUT2D eigenvalue weighted by Crippen LogP contribution is 2.28. The first kappa shape index (κ1) is 7.58. The maximum Gasteiger partial charge on any atom is 0.160 e. The number of hydrogen-bond acceptors (Lipinski definition) is 4. The minimum Gasteiger partial charge on any atom is -0.493 e. The summed E-state index contributed by atoms with van der Waals surface area (Å²) in [6.07, 6.45) is -8.88. The second kappa shape index (κ2) is 9.94. The van der Waals surface area contributed by atoms with Crippen molar-refractivity contribution in [1.29, 1.82) is 0 Å². The second-order valence-corrected chi connectivity index (χ2v) is 4.91. The molecule has 0 bridgehead atoms. The lowest BCUT2D eigenvalue weighted by atomic mass is 10.0. The van der Waals surface area contributed by atoms with E-state index in [4.69, 9.17) is 33.4 Å². The van der Waals surface area contributed by atoms with Crippen molar-refractivity contribution >= 4 is 0 Å². The minimum absolute atomic E-state index is 0.0525. The predicted octanol–water partition coefficient (Wildman–Crippen LogP) is 4.16. The third-order valence-electron chi connectivity index (χ3n) is 2.98. The Morgan fingerprint density at radius 3 is 2.88 bits per heavy atom. The van der Waals surface area contributed by atoms with Gasteiger partial charge in [-0.05, 0) is 61.4 Å². The summed E-state index contributed by atoms with van der Waals surface area (Å²) in [5.74, 6) is -1.63. The average Bonchev–Trinajstić information content (AvgIpc) is 2.81. The normalized spacial score (nSPS) is 21.6. The molecule has 2 rings (SSSR count). The molecule has 0 aliphatic heterocycles. The van der Waals surface area contributed by atoms with Gasteiger partial charge >= 0.3 is 0 Å². The van der Waals surface area contributed by atoms with Crippen LogP contribution in [0.5, 0.6) is 17.2 Å². The molecule has 2 aromatic rings. The van der Waals surface area contributed by atoms with Crippen molar-refractivity contribution in [2.24, 2.45) is 0 Å². The highest BCUT2D eigenvalue weighted by molar-refractivity contribution is 5.42. The van der Waals surface area contributed by atoms with Crippen LogP contribution in [0.15, 0.2) is 42.3 Å². The molecule has 0 amide bonds. The van der Waals surface area contributed by atoms with Crippen molar-refractivity contribution in [1.82, 2.24) is 0 Å². The lowest BCUT2D eigenvalue weighted by Crippen LogP contribution is -2.17. The van der Waals surface area contributed by atoms with Crippen LogP contribution in [0.25, 0.3) is 0 Å². The first-order valence-electron chi connectivity index (χ1n) is 14.4. The number of aliphatic hydroxyl groups excluding tert-OH is 1. The minimum atomic E-state index is -3.02. The molecule has 136 valence electrons. The van der Waals surface area contributed by atoms with Gasteiger partial charge in [-0.25, -0.2) is 0 Å². The van der Waals surface area contributed by atoms with Crippen LogP contribution in [0, 0.1) is 6.92 Å². The summed E-state index contributed by atoms with van der Waals surface area (Å²) in [5, 5.41) is 10.5. The quantitative estimate of drug-likeness (QED) is 0.693. The zero-order valence-corrected chi connectivity index (χ0v) is 13.9. The van der Waals surface area contributed by atoms with E-state index in [-0.39, 0.29) is 23.2 Å². The summed E-state index contributed by atoms with van der Waals surface area (Å²) in [7, 11) is -1.94. The van der Waals surface area contributed by atoms with E-state index in [1.807, 2.05) is 0 Å². The maximum absolute atomic E-state index is 10.5. The van der Waals surface area contributed by atoms with Gasteiger partial charge in [-0.15, -0.1) is 0 Å². The zero-order valence-electron chi connectivity index (χ0n) is 27.9. The Hall–Kier alpha value is -2.20. The lowest BCUT2D eigenvalue weighted by Gasteiger charge is -2.13. The molecule has 0 aliphatic rings. The molecular formula is C21H28O4. The summed E-state index contributed by atoms with van der Waals surface area (Å²) < 4.78 is 126. The number of rotatable bonds is 10. The van der Waals surface area contributed by atoms with E-state index in [0.717, 1.165) is 7.11 Å². The van der Waals surface area contributed by atoms with E-state index in [0.29, 0.717) is 0 Å². The van der Waals surface area contributed by atoms with E-state index in [9.17, 15) is 5.11 Å². The molecule has 2 aromatic carbocycles. The van der Waals surface area contributed by atoms with Gasteiger partial charge in [0.1, 0.15) is 12.4 Å². The summed E-state index contributed by atoms with van der Waals surface area (Å²) in [5.41, 5.74) is -0.315. The topological polar surface area (TPSA) is 47.9 Å². The van der Waals surface area contributed by atoms with Crippen molar-refractivity contribution in [2.75, 3.05) is 20.8 Å². The van der Waals surface area contributed by atoms with Gasteiger partial charge in [0.05, 0.1) is 34.0 Å². The third kappa shape index (κ3) is 6.31. The smallest absolute Gasteiger partial charge is 0.160 e. The number of benzene rings is 2. The monoisotopic (exact) mass is 358 g/mol. The molecule has 25 heavy (non-hydrogen) atoms. The highest BCUT2D eigenvalue weighted by Gasteiger charge is 2.07. The molecular weight excluding hydrogens is 316 g/mol. The van der Waals surface area contributed by atoms with Gasteiger partial charge in [-0.2, -0.15) is 0 Å². The molecule has 0 radical (unpaired) electrons. The third-order valence-corrected chi connectivity index (χ3v) is 2.98. The van der Waals surface area contributed by atoms with Crippen molar-refractivity contribution < 1.29 is 38.5 Å². The van der Waals surface area contributed by atoms with Crippen molar-refractivity contribution in [2.45, 2.75) is 38.6 Å². The standard InChI is InChI=1S/C21H28O4/c1-16-7-6-10-19(13-16)25-15-18(22)9-5-4-8-17-11-12-20(23-2)21(14-17)24-3/h6-7,10-14,18,22H,4-5,8-9,15H2,1-3H3/i2D3,4D2,6D,7D,9D2,10D,11D,12D,13D,14D. The average molecular weight is 359 g/mol. The van der Waals surface area contributed by atoms with Crippen LogP contribution in [0.4, 0.5) is 0 Å². The molecule has 0 aromatic heterocycles. The molecule has 0 heterocycles. The molecule has 0 fully saturated rings. The lowest BCUT2D eigenvalue weighted by molar-refractivity contribution is 0.0976. The zero-order chi connectivity index (χ0) is 30.2. The Labute approximate surface area is 170 Å². The fraction of sp³-hybridized carbons (Fsp3) is 0.429. The van der Waals surface area contributed by atoms with Gasteiger partial charge in [0.25, 0.3) is 0 Å². The molecule has 4 heteroatoms. The number of ether oxygens (including phenoxy) is 3. The predicted molar refractivity (Wildman–Crippen MR) is 99.8 cm³/mol. The Bertz CT molecular complexity index is 1200.